The van der Waals surface area contributed by atoms with Crippen LogP contribution in [0.2, 0.25) is 0 Å². The summed E-state index contributed by atoms with van der Waals surface area (Å²) in [5.74, 6) is -0.0548. The Morgan fingerprint density at radius 3 is 2.53 bits per heavy atom. The van der Waals surface area contributed by atoms with Crippen molar-refractivity contribution in [2.24, 2.45) is 5.41 Å². The first-order chi connectivity index (χ1) is 8.75. The highest BCUT2D eigenvalue weighted by Gasteiger charge is 2.33. The van der Waals surface area contributed by atoms with Gasteiger partial charge >= 0.3 is 5.97 Å². The fraction of sp³-hybridized carbons (Fsp3) is 0.538. The van der Waals surface area contributed by atoms with Gasteiger partial charge in [0.05, 0.1) is 5.75 Å². The molecule has 19 heavy (non-hydrogen) atoms. The van der Waals surface area contributed by atoms with E-state index in [9.17, 15) is 9.59 Å². The van der Waals surface area contributed by atoms with Crippen LogP contribution < -0.4 is 5.32 Å². The summed E-state index contributed by atoms with van der Waals surface area (Å²) in [7, 11) is 0. The van der Waals surface area contributed by atoms with E-state index in [2.05, 4.69) is 5.32 Å². The molecule has 0 aromatic carbocycles. The fourth-order valence-electron chi connectivity index (χ4n) is 1.57. The van der Waals surface area contributed by atoms with Crippen LogP contribution in [0.25, 0.3) is 0 Å². The summed E-state index contributed by atoms with van der Waals surface area (Å²) in [5, 5.41) is 11.6. The van der Waals surface area contributed by atoms with E-state index in [4.69, 9.17) is 9.52 Å². The number of carboxylic acid groups (broad SMARTS) is 1. The highest BCUT2D eigenvalue weighted by atomic mass is 32.2. The van der Waals surface area contributed by atoms with Crippen molar-refractivity contribution >= 4 is 23.6 Å². The van der Waals surface area contributed by atoms with Crippen molar-refractivity contribution in [3.63, 3.8) is 0 Å². The lowest BCUT2D eigenvalue weighted by atomic mass is 9.87. The maximum atomic E-state index is 11.9. The SMILES string of the molecule is CSCc1ccc(C(=O)N[C@H](C(=O)O)C(C)(C)C)o1. The molecule has 0 aliphatic heterocycles. The smallest absolute Gasteiger partial charge is 0.326 e. The molecular weight excluding hydrogens is 266 g/mol. The maximum absolute atomic E-state index is 11.9. The normalized spacial score (nSPS) is 13.1. The summed E-state index contributed by atoms with van der Waals surface area (Å²) < 4.78 is 5.35. The van der Waals surface area contributed by atoms with E-state index in [1.54, 1.807) is 44.7 Å². The molecule has 6 heteroatoms. The van der Waals surface area contributed by atoms with Crippen LogP contribution in [0.1, 0.15) is 37.1 Å². The molecule has 0 spiro atoms. The van der Waals surface area contributed by atoms with Crippen LogP contribution in [0.3, 0.4) is 0 Å². The van der Waals surface area contributed by atoms with E-state index in [-0.39, 0.29) is 5.76 Å². The third-order valence-electron chi connectivity index (χ3n) is 2.56. The predicted octanol–water partition coefficient (Wildman–Crippen LogP) is 2.37. The topological polar surface area (TPSA) is 79.5 Å². The average molecular weight is 285 g/mol. The van der Waals surface area contributed by atoms with E-state index in [0.29, 0.717) is 11.5 Å². The fourth-order valence-corrected chi connectivity index (χ4v) is 2.01. The van der Waals surface area contributed by atoms with Crippen molar-refractivity contribution in [1.29, 1.82) is 0 Å². The lowest BCUT2D eigenvalue weighted by Gasteiger charge is -2.27. The number of carbonyl (C=O) groups excluding carboxylic acids is 1. The summed E-state index contributed by atoms with van der Waals surface area (Å²) in [4.78, 5) is 23.1. The van der Waals surface area contributed by atoms with Gasteiger partial charge in [-0.15, -0.1) is 0 Å². The molecule has 1 amide bonds. The van der Waals surface area contributed by atoms with E-state index in [0.717, 1.165) is 0 Å². The minimum absolute atomic E-state index is 0.138. The lowest BCUT2D eigenvalue weighted by molar-refractivity contribution is -0.142. The molecule has 0 aliphatic rings. The predicted molar refractivity (Wildman–Crippen MR) is 74.3 cm³/mol. The molecule has 1 atom stereocenters. The van der Waals surface area contributed by atoms with Crippen LogP contribution >= 0.6 is 11.8 Å². The van der Waals surface area contributed by atoms with Gasteiger partial charge in [0.2, 0.25) is 0 Å². The van der Waals surface area contributed by atoms with Gasteiger partial charge in [-0.25, -0.2) is 4.79 Å². The van der Waals surface area contributed by atoms with E-state index in [1.807, 2.05) is 6.26 Å². The molecule has 1 rings (SSSR count). The Hall–Kier alpha value is -1.43. The monoisotopic (exact) mass is 285 g/mol. The second kappa shape index (κ2) is 6.14. The number of aliphatic carboxylic acids is 1. The number of nitrogens with one attached hydrogen (secondary N) is 1. The molecule has 2 N–H and O–H groups in total. The van der Waals surface area contributed by atoms with E-state index in [1.165, 1.54) is 0 Å². The van der Waals surface area contributed by atoms with Gasteiger partial charge in [0.15, 0.2) is 5.76 Å². The molecule has 0 fully saturated rings. The zero-order valence-corrected chi connectivity index (χ0v) is 12.3. The molecule has 1 aromatic heterocycles. The quantitative estimate of drug-likeness (QED) is 0.868. The Morgan fingerprint density at radius 2 is 2.05 bits per heavy atom. The van der Waals surface area contributed by atoms with Crippen molar-refractivity contribution in [3.05, 3.63) is 23.7 Å². The molecule has 0 saturated heterocycles. The third kappa shape index (κ3) is 4.31. The van der Waals surface area contributed by atoms with Crippen molar-refractivity contribution < 1.29 is 19.1 Å². The van der Waals surface area contributed by atoms with Crippen molar-refractivity contribution in [2.45, 2.75) is 32.6 Å². The zero-order chi connectivity index (χ0) is 14.6. The van der Waals surface area contributed by atoms with Crippen LogP contribution in [0.5, 0.6) is 0 Å². The van der Waals surface area contributed by atoms with Gasteiger partial charge in [0, 0.05) is 0 Å². The first kappa shape index (κ1) is 15.6. The number of hydrogen-bond donors (Lipinski definition) is 2. The van der Waals surface area contributed by atoms with Gasteiger partial charge in [0.25, 0.3) is 5.91 Å². The minimum atomic E-state index is -1.06. The van der Waals surface area contributed by atoms with Crippen LogP contribution in [0.15, 0.2) is 16.5 Å². The van der Waals surface area contributed by atoms with E-state index < -0.39 is 23.3 Å². The first-order valence-corrected chi connectivity index (χ1v) is 7.26. The molecule has 1 heterocycles. The zero-order valence-electron chi connectivity index (χ0n) is 11.5. The summed E-state index contributed by atoms with van der Waals surface area (Å²) in [6, 6.07) is 2.31. The summed E-state index contributed by atoms with van der Waals surface area (Å²) in [6.07, 6.45) is 1.93. The molecule has 0 unspecified atom stereocenters. The van der Waals surface area contributed by atoms with Gasteiger partial charge in [-0.05, 0) is 23.8 Å². The van der Waals surface area contributed by atoms with Crippen LogP contribution in [0.4, 0.5) is 0 Å². The molecule has 0 bridgehead atoms. The lowest BCUT2D eigenvalue weighted by Crippen LogP contribution is -2.49. The molecule has 106 valence electrons. The molecular formula is C13H19NO4S. The number of carbonyl (C=O) groups is 2. The number of hydrogen-bond acceptors (Lipinski definition) is 4. The Balaban J connectivity index is 2.79. The number of thioether (sulfide) groups is 1. The standard InChI is InChI=1S/C13H19NO4S/c1-13(2,3)10(12(16)17)14-11(15)9-6-5-8(18-9)7-19-4/h5-6,10H,7H2,1-4H3,(H,14,15)(H,16,17)/t10-/m1/s1. The highest BCUT2D eigenvalue weighted by Crippen LogP contribution is 2.20. The largest absolute Gasteiger partial charge is 0.480 e. The Kier molecular flexibility index (Phi) is 5.05. The molecule has 0 aliphatic carbocycles. The summed E-state index contributed by atoms with van der Waals surface area (Å²) in [5.41, 5.74) is -0.573. The third-order valence-corrected chi connectivity index (χ3v) is 3.13. The second-order valence-electron chi connectivity index (χ2n) is 5.31. The Morgan fingerprint density at radius 1 is 1.42 bits per heavy atom. The molecule has 0 radical (unpaired) electrons. The molecule has 0 saturated carbocycles. The number of furan rings is 1. The minimum Gasteiger partial charge on any atom is -0.480 e. The summed E-state index contributed by atoms with van der Waals surface area (Å²) in [6.45, 7) is 5.27. The van der Waals surface area contributed by atoms with Crippen molar-refractivity contribution in [1.82, 2.24) is 5.32 Å². The van der Waals surface area contributed by atoms with Gasteiger partial charge < -0.3 is 14.8 Å². The maximum Gasteiger partial charge on any atom is 0.326 e. The van der Waals surface area contributed by atoms with Gasteiger partial charge in [0.1, 0.15) is 11.8 Å². The van der Waals surface area contributed by atoms with Crippen molar-refractivity contribution in [3.8, 4) is 0 Å². The first-order valence-electron chi connectivity index (χ1n) is 5.87. The number of rotatable bonds is 5. The number of amides is 1. The molecule has 5 nitrogen and oxygen atoms in total. The van der Waals surface area contributed by atoms with Crippen molar-refractivity contribution in [2.75, 3.05) is 6.26 Å². The van der Waals surface area contributed by atoms with Gasteiger partial charge in [-0.1, -0.05) is 20.8 Å². The van der Waals surface area contributed by atoms with Crippen LogP contribution in [-0.4, -0.2) is 29.3 Å². The average Bonchev–Trinajstić information content (AvgIpc) is 2.72. The number of carboxylic acids is 1. The van der Waals surface area contributed by atoms with Gasteiger partial charge in [-0.3, -0.25) is 4.79 Å². The Labute approximate surface area is 116 Å². The molecule has 1 aromatic rings. The second-order valence-corrected chi connectivity index (χ2v) is 6.18. The summed E-state index contributed by atoms with van der Waals surface area (Å²) >= 11 is 1.58. The highest BCUT2D eigenvalue weighted by molar-refractivity contribution is 7.97. The Bertz CT molecular complexity index is 461. The van der Waals surface area contributed by atoms with E-state index >= 15 is 0 Å². The van der Waals surface area contributed by atoms with Crippen LogP contribution in [-0.2, 0) is 10.5 Å². The van der Waals surface area contributed by atoms with Crippen LogP contribution in [0, 0.1) is 5.41 Å². The van der Waals surface area contributed by atoms with Gasteiger partial charge in [-0.2, -0.15) is 11.8 Å².